The number of hydrogen-bond acceptors (Lipinski definition) is 5. The number of carbonyl (C=O) groups excluding carboxylic acids is 1. The Morgan fingerprint density at radius 3 is 2.62 bits per heavy atom. The molecule has 2 unspecified atom stereocenters. The maximum absolute atomic E-state index is 14.1. The fourth-order valence-corrected chi connectivity index (χ4v) is 4.72. The maximum atomic E-state index is 14.1. The second kappa shape index (κ2) is 9.30. The average molecular weight is 440 g/mol. The van der Waals surface area contributed by atoms with E-state index in [4.69, 9.17) is 4.74 Å². The minimum Gasteiger partial charge on any atom is -0.492 e. The van der Waals surface area contributed by atoms with Crippen molar-refractivity contribution in [2.45, 2.75) is 25.5 Å². The molecule has 4 rings (SSSR count). The minimum absolute atomic E-state index is 0.0518. The molecule has 1 fully saturated rings. The van der Waals surface area contributed by atoms with E-state index in [9.17, 15) is 14.3 Å². The van der Waals surface area contributed by atoms with Crippen LogP contribution in [0.5, 0.6) is 5.75 Å². The lowest BCUT2D eigenvalue weighted by atomic mass is 10.1. The highest BCUT2D eigenvalue weighted by Crippen LogP contribution is 2.34. The smallest absolute Gasteiger partial charge is 0.258 e. The molecule has 0 radical (unpaired) electrons. The van der Waals surface area contributed by atoms with Crippen LogP contribution in [0, 0.1) is 5.82 Å². The number of halogens is 1. The standard InChI is InChI=1S/C25H30FN3O3/c1-17-15-27(13-14-28(17)23-10-6-9-22(26)24(23)32-3)16-19(30)11-12-29-18(2)20-7-4-5-8-21(20)25(29)31/h4-10,17,19,30H,2,11-16H2,1,3H3. The molecule has 0 bridgehead atoms. The van der Waals surface area contributed by atoms with Crippen LogP contribution in [0.25, 0.3) is 5.70 Å². The third-order valence-electron chi connectivity index (χ3n) is 6.37. The van der Waals surface area contributed by atoms with Gasteiger partial charge in [0.05, 0.1) is 18.9 Å². The van der Waals surface area contributed by atoms with E-state index in [1.54, 1.807) is 11.0 Å². The first-order valence-electron chi connectivity index (χ1n) is 11.0. The Balaban J connectivity index is 1.30. The summed E-state index contributed by atoms with van der Waals surface area (Å²) >= 11 is 0. The van der Waals surface area contributed by atoms with Crippen molar-refractivity contribution in [3.05, 3.63) is 66.0 Å². The summed E-state index contributed by atoms with van der Waals surface area (Å²) in [5.74, 6) is -0.149. The molecule has 1 N–H and O–H groups in total. The van der Waals surface area contributed by atoms with Gasteiger partial charge in [-0.2, -0.15) is 0 Å². The van der Waals surface area contributed by atoms with Gasteiger partial charge in [-0.1, -0.05) is 30.8 Å². The van der Waals surface area contributed by atoms with Crippen LogP contribution in [0.2, 0.25) is 0 Å². The number of ether oxygens (including phenoxy) is 1. The summed E-state index contributed by atoms with van der Waals surface area (Å²) in [6.45, 7) is 9.32. The molecule has 170 valence electrons. The van der Waals surface area contributed by atoms with Crippen molar-refractivity contribution < 1.29 is 19.0 Å². The highest BCUT2D eigenvalue weighted by molar-refractivity contribution is 6.08. The van der Waals surface area contributed by atoms with Gasteiger partial charge in [0, 0.05) is 55.6 Å². The molecule has 1 amide bonds. The highest BCUT2D eigenvalue weighted by Gasteiger charge is 2.31. The first-order chi connectivity index (χ1) is 15.4. The predicted molar refractivity (Wildman–Crippen MR) is 123 cm³/mol. The largest absolute Gasteiger partial charge is 0.492 e. The Labute approximate surface area is 188 Å². The Hall–Kier alpha value is -2.90. The number of nitrogens with zero attached hydrogens (tertiary/aromatic N) is 3. The summed E-state index contributed by atoms with van der Waals surface area (Å²) < 4.78 is 19.4. The number of carbonyl (C=O) groups is 1. The number of rotatable bonds is 7. The van der Waals surface area contributed by atoms with Crippen molar-refractivity contribution in [1.82, 2.24) is 9.80 Å². The lowest BCUT2D eigenvalue weighted by molar-refractivity contribution is 0.0758. The van der Waals surface area contributed by atoms with Gasteiger partial charge < -0.3 is 19.6 Å². The Morgan fingerprint density at radius 2 is 1.94 bits per heavy atom. The first-order valence-corrected chi connectivity index (χ1v) is 11.0. The molecular formula is C25H30FN3O3. The number of aliphatic hydroxyl groups excluding tert-OH is 1. The lowest BCUT2D eigenvalue weighted by Gasteiger charge is -2.42. The molecule has 0 aliphatic carbocycles. The van der Waals surface area contributed by atoms with E-state index < -0.39 is 6.10 Å². The summed E-state index contributed by atoms with van der Waals surface area (Å²) in [6.07, 6.45) is -0.0767. The SMILES string of the molecule is C=C1c2ccccc2C(=O)N1CCC(O)CN1CCN(c2cccc(F)c2OC)C(C)C1. The van der Waals surface area contributed by atoms with E-state index in [1.165, 1.54) is 13.2 Å². The number of para-hydroxylation sites is 1. The predicted octanol–water partition coefficient (Wildman–Crippen LogP) is 3.22. The highest BCUT2D eigenvalue weighted by atomic mass is 19.1. The van der Waals surface area contributed by atoms with E-state index in [0.29, 0.717) is 37.3 Å². The van der Waals surface area contributed by atoms with Gasteiger partial charge in [0.25, 0.3) is 5.91 Å². The fourth-order valence-electron chi connectivity index (χ4n) is 4.72. The van der Waals surface area contributed by atoms with Crippen molar-refractivity contribution in [1.29, 1.82) is 0 Å². The Bertz CT molecular complexity index is 977. The summed E-state index contributed by atoms with van der Waals surface area (Å²) in [4.78, 5) is 18.7. The zero-order chi connectivity index (χ0) is 22.8. The Kier molecular flexibility index (Phi) is 6.48. The van der Waals surface area contributed by atoms with Gasteiger partial charge in [0.15, 0.2) is 11.6 Å². The number of fused-ring (bicyclic) bond motifs is 1. The van der Waals surface area contributed by atoms with Crippen LogP contribution in [0.3, 0.4) is 0 Å². The van der Waals surface area contributed by atoms with Crippen LogP contribution in [0.4, 0.5) is 10.1 Å². The molecule has 2 aliphatic heterocycles. The van der Waals surface area contributed by atoms with Gasteiger partial charge in [-0.15, -0.1) is 0 Å². The van der Waals surface area contributed by atoms with Crippen LogP contribution in [-0.2, 0) is 0 Å². The second-order valence-electron chi connectivity index (χ2n) is 8.49. The molecule has 2 aromatic carbocycles. The van der Waals surface area contributed by atoms with Crippen LogP contribution in [-0.4, -0.2) is 72.8 Å². The molecular weight excluding hydrogens is 409 g/mol. The van der Waals surface area contributed by atoms with Gasteiger partial charge in [-0.25, -0.2) is 4.39 Å². The maximum Gasteiger partial charge on any atom is 0.258 e. The zero-order valence-corrected chi connectivity index (χ0v) is 18.6. The number of anilines is 1. The molecule has 2 aliphatic rings. The van der Waals surface area contributed by atoms with Gasteiger partial charge in [0.1, 0.15) is 0 Å². The van der Waals surface area contributed by atoms with Crippen LogP contribution in [0.1, 0.15) is 29.3 Å². The number of aliphatic hydroxyl groups is 1. The molecule has 0 aromatic heterocycles. The monoisotopic (exact) mass is 439 g/mol. The minimum atomic E-state index is -0.554. The van der Waals surface area contributed by atoms with E-state index in [-0.39, 0.29) is 23.5 Å². The summed E-state index contributed by atoms with van der Waals surface area (Å²) in [7, 11) is 1.48. The van der Waals surface area contributed by atoms with Gasteiger partial charge >= 0.3 is 0 Å². The summed E-state index contributed by atoms with van der Waals surface area (Å²) in [6, 6.07) is 12.6. The Morgan fingerprint density at radius 1 is 1.19 bits per heavy atom. The topological polar surface area (TPSA) is 56.3 Å². The molecule has 0 spiro atoms. The van der Waals surface area contributed by atoms with Crippen molar-refractivity contribution in [3.8, 4) is 5.75 Å². The zero-order valence-electron chi connectivity index (χ0n) is 18.6. The van der Waals surface area contributed by atoms with Crippen LogP contribution >= 0.6 is 0 Å². The van der Waals surface area contributed by atoms with Gasteiger partial charge in [-0.05, 0) is 31.5 Å². The molecule has 6 nitrogen and oxygen atoms in total. The van der Waals surface area contributed by atoms with Gasteiger partial charge in [0.2, 0.25) is 0 Å². The lowest BCUT2D eigenvalue weighted by Crippen LogP contribution is -2.53. The van der Waals surface area contributed by atoms with Crippen molar-refractivity contribution in [3.63, 3.8) is 0 Å². The van der Waals surface area contributed by atoms with Crippen LogP contribution in [0.15, 0.2) is 49.0 Å². The van der Waals surface area contributed by atoms with Gasteiger partial charge in [-0.3, -0.25) is 9.69 Å². The molecule has 32 heavy (non-hydrogen) atoms. The average Bonchev–Trinajstić information content (AvgIpc) is 3.02. The number of methoxy groups -OCH3 is 1. The first kappa shape index (κ1) is 22.3. The van der Waals surface area contributed by atoms with Crippen molar-refractivity contribution in [2.24, 2.45) is 0 Å². The number of benzene rings is 2. The number of amides is 1. The molecule has 7 heteroatoms. The number of hydrogen-bond donors (Lipinski definition) is 1. The van der Waals surface area contributed by atoms with Crippen molar-refractivity contribution >= 4 is 17.3 Å². The van der Waals surface area contributed by atoms with Crippen LogP contribution < -0.4 is 9.64 Å². The molecule has 2 aromatic rings. The summed E-state index contributed by atoms with van der Waals surface area (Å²) in [5, 5.41) is 10.6. The van der Waals surface area contributed by atoms with Crippen molar-refractivity contribution in [2.75, 3.05) is 44.7 Å². The van der Waals surface area contributed by atoms with E-state index in [2.05, 4.69) is 23.3 Å². The van der Waals surface area contributed by atoms with E-state index >= 15 is 0 Å². The van der Waals surface area contributed by atoms with E-state index in [1.807, 2.05) is 30.3 Å². The van der Waals surface area contributed by atoms with E-state index in [0.717, 1.165) is 24.3 Å². The normalized spacial score (nSPS) is 19.9. The third-order valence-corrected chi connectivity index (χ3v) is 6.37. The second-order valence-corrected chi connectivity index (χ2v) is 8.49. The summed E-state index contributed by atoms with van der Waals surface area (Å²) in [5.41, 5.74) is 2.99. The third kappa shape index (κ3) is 4.23. The number of β-amino-alcohol motifs (C(OH)–C–C–N with tert-alkyl or cyclic N) is 1. The molecule has 1 saturated heterocycles. The molecule has 2 heterocycles. The number of piperazine rings is 1. The quantitative estimate of drug-likeness (QED) is 0.718. The molecule has 2 atom stereocenters. The fraction of sp³-hybridized carbons (Fsp3) is 0.400. The molecule has 0 saturated carbocycles.